The molecule has 1 aliphatic rings. The Balaban J connectivity index is 1.59. The van der Waals surface area contributed by atoms with Crippen LogP contribution in [-0.4, -0.2) is 29.7 Å². The van der Waals surface area contributed by atoms with E-state index in [9.17, 15) is 9.59 Å². The van der Waals surface area contributed by atoms with Crippen molar-refractivity contribution < 1.29 is 9.59 Å². The van der Waals surface area contributed by atoms with Crippen molar-refractivity contribution in [3.05, 3.63) is 95.6 Å². The number of hydrogen-bond donors (Lipinski definition) is 0. The van der Waals surface area contributed by atoms with E-state index in [0.29, 0.717) is 22.6 Å². The van der Waals surface area contributed by atoms with Crippen molar-refractivity contribution in [3.63, 3.8) is 0 Å². The number of rotatable bonds is 4. The first-order valence-corrected chi connectivity index (χ1v) is 10.2. The molecule has 0 aliphatic carbocycles. The first-order valence-electron chi connectivity index (χ1n) is 10.2. The number of carbonyl (C=O) groups is 2. The molecule has 1 aliphatic heterocycles. The minimum atomic E-state index is -0.112. The topological polar surface area (TPSA) is 37.4 Å². The van der Waals surface area contributed by atoms with Crippen molar-refractivity contribution in [3.8, 4) is 11.1 Å². The van der Waals surface area contributed by atoms with Crippen molar-refractivity contribution in [2.75, 3.05) is 13.1 Å². The fourth-order valence-electron chi connectivity index (χ4n) is 3.85. The number of carbonyl (C=O) groups excluding carboxylic acids is 2. The average Bonchev–Trinajstić information content (AvgIpc) is 2.79. The van der Waals surface area contributed by atoms with Gasteiger partial charge in [-0.2, -0.15) is 0 Å². The highest BCUT2D eigenvalue weighted by molar-refractivity contribution is 6.15. The van der Waals surface area contributed by atoms with Gasteiger partial charge in [-0.1, -0.05) is 79.7 Å². The van der Waals surface area contributed by atoms with Crippen LogP contribution in [0.25, 0.3) is 11.1 Å². The Morgan fingerprint density at radius 3 is 1.93 bits per heavy atom. The number of nitrogens with zero attached hydrogens (tertiary/aromatic N) is 1. The maximum atomic E-state index is 13.2. The molecule has 0 bridgehead atoms. The molecule has 3 aromatic carbocycles. The Hall–Kier alpha value is -3.20. The van der Waals surface area contributed by atoms with Crippen molar-refractivity contribution in [2.24, 2.45) is 5.92 Å². The Morgan fingerprint density at radius 1 is 0.724 bits per heavy atom. The minimum absolute atomic E-state index is 0.0400. The van der Waals surface area contributed by atoms with Gasteiger partial charge in [0.25, 0.3) is 5.91 Å². The van der Waals surface area contributed by atoms with Crippen LogP contribution >= 0.6 is 0 Å². The van der Waals surface area contributed by atoms with Gasteiger partial charge in [0, 0.05) is 24.2 Å². The Morgan fingerprint density at radius 2 is 1.28 bits per heavy atom. The van der Waals surface area contributed by atoms with E-state index in [1.165, 1.54) is 0 Å². The zero-order valence-electron chi connectivity index (χ0n) is 16.7. The maximum Gasteiger partial charge on any atom is 0.254 e. The third-order valence-electron chi connectivity index (χ3n) is 5.73. The van der Waals surface area contributed by atoms with Crippen LogP contribution in [-0.2, 0) is 0 Å². The first kappa shape index (κ1) is 19.1. The lowest BCUT2D eigenvalue weighted by molar-refractivity contribution is 0.0693. The predicted octanol–water partition coefficient (Wildman–Crippen LogP) is 5.46. The molecule has 1 saturated heterocycles. The Kier molecular flexibility index (Phi) is 5.57. The van der Waals surface area contributed by atoms with Gasteiger partial charge in [0.1, 0.15) is 0 Å². The lowest BCUT2D eigenvalue weighted by Crippen LogP contribution is -2.38. The molecule has 4 rings (SSSR count). The van der Waals surface area contributed by atoms with E-state index in [0.717, 1.165) is 37.1 Å². The third kappa shape index (κ3) is 4.14. The second kappa shape index (κ2) is 8.44. The lowest BCUT2D eigenvalue weighted by Gasteiger charge is -2.30. The summed E-state index contributed by atoms with van der Waals surface area (Å²) in [5.74, 6) is 0.500. The van der Waals surface area contributed by atoms with Gasteiger partial charge in [-0.3, -0.25) is 9.59 Å². The summed E-state index contributed by atoms with van der Waals surface area (Å²) in [5.41, 5.74) is 3.75. The van der Waals surface area contributed by atoms with E-state index in [4.69, 9.17) is 0 Å². The molecule has 0 radical (unpaired) electrons. The number of likely N-dealkylation sites (tertiary alicyclic amines) is 1. The molecule has 29 heavy (non-hydrogen) atoms. The second-order valence-corrected chi connectivity index (χ2v) is 7.79. The maximum absolute atomic E-state index is 13.2. The molecular formula is C26H25NO2. The molecule has 0 spiro atoms. The summed E-state index contributed by atoms with van der Waals surface area (Å²) in [7, 11) is 0. The molecular weight excluding hydrogens is 358 g/mol. The number of benzene rings is 3. The van der Waals surface area contributed by atoms with Gasteiger partial charge in [-0.25, -0.2) is 0 Å². The molecule has 3 heteroatoms. The van der Waals surface area contributed by atoms with E-state index in [2.05, 4.69) is 6.92 Å². The predicted molar refractivity (Wildman–Crippen MR) is 116 cm³/mol. The fraction of sp³-hybridized carbons (Fsp3) is 0.231. The molecule has 0 aromatic heterocycles. The highest BCUT2D eigenvalue weighted by Crippen LogP contribution is 2.23. The fourth-order valence-corrected chi connectivity index (χ4v) is 3.85. The van der Waals surface area contributed by atoms with Crippen LogP contribution < -0.4 is 0 Å². The first-order chi connectivity index (χ1) is 14.1. The van der Waals surface area contributed by atoms with Gasteiger partial charge in [-0.05, 0) is 36.0 Å². The molecule has 0 N–H and O–H groups in total. The van der Waals surface area contributed by atoms with E-state index in [1.807, 2.05) is 71.6 Å². The standard InChI is InChI=1S/C26H25NO2/c1-19-15-17-27(18-16-19)26(29)24-10-6-5-9-23(24)25(28)22-13-11-21(12-14-22)20-7-3-2-4-8-20/h2-14,19H,15-18H2,1H3. The molecule has 3 aromatic rings. The summed E-state index contributed by atoms with van der Waals surface area (Å²) in [6.45, 7) is 3.74. The normalized spacial score (nSPS) is 14.6. The van der Waals surface area contributed by atoms with Crippen molar-refractivity contribution in [1.29, 1.82) is 0 Å². The SMILES string of the molecule is CC1CCN(C(=O)c2ccccc2C(=O)c2ccc(-c3ccccc3)cc2)CC1. The van der Waals surface area contributed by atoms with Crippen LogP contribution in [0.15, 0.2) is 78.9 Å². The molecule has 146 valence electrons. The van der Waals surface area contributed by atoms with Crippen molar-refractivity contribution in [2.45, 2.75) is 19.8 Å². The smallest absolute Gasteiger partial charge is 0.254 e. The number of hydrogen-bond acceptors (Lipinski definition) is 2. The number of ketones is 1. The summed E-state index contributed by atoms with van der Waals surface area (Å²) in [4.78, 5) is 28.1. The monoisotopic (exact) mass is 383 g/mol. The average molecular weight is 383 g/mol. The van der Waals surface area contributed by atoms with Gasteiger partial charge in [0.2, 0.25) is 0 Å². The van der Waals surface area contributed by atoms with Gasteiger partial charge in [0.15, 0.2) is 5.78 Å². The summed E-state index contributed by atoms with van der Waals surface area (Å²) < 4.78 is 0. The summed E-state index contributed by atoms with van der Waals surface area (Å²) in [5, 5.41) is 0. The highest BCUT2D eigenvalue weighted by Gasteiger charge is 2.25. The van der Waals surface area contributed by atoms with E-state index in [1.54, 1.807) is 12.1 Å². The second-order valence-electron chi connectivity index (χ2n) is 7.79. The van der Waals surface area contributed by atoms with Gasteiger partial charge >= 0.3 is 0 Å². The molecule has 0 saturated carbocycles. The van der Waals surface area contributed by atoms with Crippen LogP contribution in [0.3, 0.4) is 0 Å². The molecule has 1 heterocycles. The van der Waals surface area contributed by atoms with Gasteiger partial charge < -0.3 is 4.90 Å². The third-order valence-corrected chi connectivity index (χ3v) is 5.73. The summed E-state index contributed by atoms with van der Waals surface area (Å²) in [6.07, 6.45) is 2.03. The van der Waals surface area contributed by atoms with E-state index in [-0.39, 0.29) is 11.7 Å². The molecule has 1 fully saturated rings. The van der Waals surface area contributed by atoms with Crippen molar-refractivity contribution >= 4 is 11.7 Å². The zero-order valence-corrected chi connectivity index (χ0v) is 16.7. The molecule has 3 nitrogen and oxygen atoms in total. The van der Waals surface area contributed by atoms with Crippen LogP contribution in [0.4, 0.5) is 0 Å². The Labute approximate surface area is 172 Å². The highest BCUT2D eigenvalue weighted by atomic mass is 16.2. The summed E-state index contributed by atoms with van der Waals surface area (Å²) in [6, 6.07) is 24.8. The minimum Gasteiger partial charge on any atom is -0.339 e. The molecule has 1 amide bonds. The van der Waals surface area contributed by atoms with E-state index >= 15 is 0 Å². The summed E-state index contributed by atoms with van der Waals surface area (Å²) >= 11 is 0. The number of piperidine rings is 1. The van der Waals surface area contributed by atoms with Gasteiger partial charge in [0.05, 0.1) is 5.56 Å². The van der Waals surface area contributed by atoms with E-state index < -0.39 is 0 Å². The van der Waals surface area contributed by atoms with Crippen LogP contribution in [0.2, 0.25) is 0 Å². The van der Waals surface area contributed by atoms with Crippen LogP contribution in [0, 0.1) is 5.92 Å². The molecule has 0 atom stereocenters. The van der Waals surface area contributed by atoms with Gasteiger partial charge in [-0.15, -0.1) is 0 Å². The largest absolute Gasteiger partial charge is 0.339 e. The lowest BCUT2D eigenvalue weighted by atomic mass is 9.94. The van der Waals surface area contributed by atoms with Crippen LogP contribution in [0.5, 0.6) is 0 Å². The zero-order chi connectivity index (χ0) is 20.2. The Bertz CT molecular complexity index is 1000. The molecule has 0 unspecified atom stereocenters. The van der Waals surface area contributed by atoms with Crippen molar-refractivity contribution in [1.82, 2.24) is 4.90 Å². The quantitative estimate of drug-likeness (QED) is 0.561. The van der Waals surface area contributed by atoms with Crippen LogP contribution in [0.1, 0.15) is 46.0 Å². The number of amides is 1.